The van der Waals surface area contributed by atoms with Crippen molar-refractivity contribution in [1.29, 1.82) is 0 Å². The van der Waals surface area contributed by atoms with Crippen molar-refractivity contribution in [1.82, 2.24) is 0 Å². The topological polar surface area (TPSA) is 35.2 Å². The minimum Gasteiger partial charge on any atom is -0.494 e. The molecule has 0 aromatic heterocycles. The van der Waals surface area contributed by atoms with Gasteiger partial charge in [-0.2, -0.15) is 0 Å². The van der Waals surface area contributed by atoms with Crippen LogP contribution in [0, 0.1) is 0 Å². The van der Waals surface area contributed by atoms with Crippen molar-refractivity contribution >= 4 is 11.6 Å². The average molecular weight is 262 g/mol. The Morgan fingerprint density at radius 2 is 1.72 bits per heavy atom. The van der Waals surface area contributed by atoms with Crippen LogP contribution in [0.4, 0.5) is 0 Å². The molecule has 2 N–H and O–H groups in total. The molecule has 0 radical (unpaired) electrons. The number of hydrogen-bond donors (Lipinski definition) is 1. The van der Waals surface area contributed by atoms with Crippen LogP contribution in [0.2, 0.25) is 5.02 Å². The van der Waals surface area contributed by atoms with Crippen LogP contribution in [0.1, 0.15) is 6.42 Å². The second kappa shape index (κ2) is 6.43. The van der Waals surface area contributed by atoms with Crippen molar-refractivity contribution in [3.63, 3.8) is 0 Å². The van der Waals surface area contributed by atoms with Gasteiger partial charge in [0.15, 0.2) is 0 Å². The van der Waals surface area contributed by atoms with E-state index in [1.165, 1.54) is 0 Å². The molecular weight excluding hydrogens is 246 g/mol. The molecule has 0 unspecified atom stereocenters. The maximum absolute atomic E-state index is 5.99. The first-order valence-electron chi connectivity index (χ1n) is 5.98. The zero-order chi connectivity index (χ0) is 12.8. The molecule has 0 atom stereocenters. The monoisotopic (exact) mass is 261 g/mol. The normalized spacial score (nSPS) is 10.3. The molecule has 0 spiro atoms. The van der Waals surface area contributed by atoms with E-state index in [9.17, 15) is 0 Å². The number of ether oxygens (including phenoxy) is 1. The van der Waals surface area contributed by atoms with Gasteiger partial charge in [0, 0.05) is 5.02 Å². The predicted molar refractivity (Wildman–Crippen MR) is 76.1 cm³/mol. The maximum atomic E-state index is 5.99. The van der Waals surface area contributed by atoms with E-state index < -0.39 is 0 Å². The van der Waals surface area contributed by atoms with Crippen molar-refractivity contribution in [2.45, 2.75) is 6.42 Å². The van der Waals surface area contributed by atoms with E-state index in [1.54, 1.807) is 0 Å². The highest BCUT2D eigenvalue weighted by atomic mass is 35.5. The lowest BCUT2D eigenvalue weighted by molar-refractivity contribution is 0.313. The molecule has 0 aliphatic heterocycles. The fourth-order valence-corrected chi connectivity index (χ4v) is 1.90. The largest absolute Gasteiger partial charge is 0.494 e. The molecule has 0 saturated heterocycles. The predicted octanol–water partition coefficient (Wildman–Crippen LogP) is 3.73. The first-order valence-corrected chi connectivity index (χ1v) is 6.36. The quantitative estimate of drug-likeness (QED) is 0.833. The zero-order valence-corrected chi connectivity index (χ0v) is 10.9. The Kier molecular flexibility index (Phi) is 4.62. The standard InChI is InChI=1S/C15H16ClNO/c16-14-6-1-4-12(10-14)13-5-2-7-15(11-13)18-9-3-8-17/h1-2,4-7,10-11H,3,8-9,17H2. The molecule has 0 heterocycles. The van der Waals surface area contributed by atoms with Gasteiger partial charge in [0.2, 0.25) is 0 Å². The summed E-state index contributed by atoms with van der Waals surface area (Å²) in [4.78, 5) is 0. The smallest absolute Gasteiger partial charge is 0.119 e. The second-order valence-electron chi connectivity index (χ2n) is 4.03. The van der Waals surface area contributed by atoms with E-state index in [4.69, 9.17) is 22.1 Å². The van der Waals surface area contributed by atoms with Gasteiger partial charge in [-0.3, -0.25) is 0 Å². The number of benzene rings is 2. The summed E-state index contributed by atoms with van der Waals surface area (Å²) >= 11 is 5.99. The van der Waals surface area contributed by atoms with Crippen LogP contribution in [-0.4, -0.2) is 13.2 Å². The SMILES string of the molecule is NCCCOc1cccc(-c2cccc(Cl)c2)c1. The molecule has 18 heavy (non-hydrogen) atoms. The summed E-state index contributed by atoms with van der Waals surface area (Å²) in [5, 5.41) is 0.738. The Labute approximate surface area is 112 Å². The summed E-state index contributed by atoms with van der Waals surface area (Å²) in [6.07, 6.45) is 0.862. The van der Waals surface area contributed by atoms with E-state index in [-0.39, 0.29) is 0 Å². The molecule has 2 aromatic carbocycles. The fraction of sp³-hybridized carbons (Fsp3) is 0.200. The molecule has 0 aliphatic rings. The first kappa shape index (κ1) is 12.9. The first-order chi connectivity index (χ1) is 8.79. The van der Waals surface area contributed by atoms with E-state index in [0.717, 1.165) is 28.3 Å². The zero-order valence-electron chi connectivity index (χ0n) is 10.1. The van der Waals surface area contributed by atoms with E-state index >= 15 is 0 Å². The minimum atomic E-state index is 0.647. The lowest BCUT2D eigenvalue weighted by Crippen LogP contribution is -2.05. The van der Waals surface area contributed by atoms with Gasteiger partial charge in [-0.25, -0.2) is 0 Å². The molecule has 2 rings (SSSR count). The lowest BCUT2D eigenvalue weighted by Gasteiger charge is -2.08. The Morgan fingerprint density at radius 1 is 1.00 bits per heavy atom. The summed E-state index contributed by atoms with van der Waals surface area (Å²) in [7, 11) is 0. The molecule has 2 nitrogen and oxygen atoms in total. The van der Waals surface area contributed by atoms with Crippen molar-refractivity contribution in [2.24, 2.45) is 5.73 Å². The summed E-state index contributed by atoms with van der Waals surface area (Å²) in [6.45, 7) is 1.30. The molecule has 3 heteroatoms. The summed E-state index contributed by atoms with van der Waals surface area (Å²) in [5.74, 6) is 0.862. The van der Waals surface area contributed by atoms with Crippen LogP contribution in [0.15, 0.2) is 48.5 Å². The van der Waals surface area contributed by atoms with Crippen molar-refractivity contribution in [3.8, 4) is 16.9 Å². The highest BCUT2D eigenvalue weighted by molar-refractivity contribution is 6.30. The van der Waals surface area contributed by atoms with E-state index in [1.807, 2.05) is 48.5 Å². The minimum absolute atomic E-state index is 0.647. The van der Waals surface area contributed by atoms with Gasteiger partial charge in [-0.1, -0.05) is 35.9 Å². The van der Waals surface area contributed by atoms with Crippen molar-refractivity contribution < 1.29 is 4.74 Å². The van der Waals surface area contributed by atoms with Gasteiger partial charge in [-0.05, 0) is 48.4 Å². The number of nitrogens with two attached hydrogens (primary N) is 1. The fourth-order valence-electron chi connectivity index (χ4n) is 1.71. The number of hydrogen-bond acceptors (Lipinski definition) is 2. The van der Waals surface area contributed by atoms with Gasteiger partial charge in [0.05, 0.1) is 6.61 Å². The van der Waals surface area contributed by atoms with E-state index in [2.05, 4.69) is 0 Å². The molecule has 2 aromatic rings. The molecule has 0 saturated carbocycles. The highest BCUT2D eigenvalue weighted by Gasteiger charge is 2.00. The number of halogens is 1. The molecule has 0 amide bonds. The Balaban J connectivity index is 2.16. The van der Waals surface area contributed by atoms with E-state index in [0.29, 0.717) is 13.2 Å². The van der Waals surface area contributed by atoms with Gasteiger partial charge in [-0.15, -0.1) is 0 Å². The van der Waals surface area contributed by atoms with Crippen LogP contribution in [0.3, 0.4) is 0 Å². The van der Waals surface area contributed by atoms with Gasteiger partial charge >= 0.3 is 0 Å². The highest BCUT2D eigenvalue weighted by Crippen LogP contribution is 2.25. The number of rotatable bonds is 5. The Bertz CT molecular complexity index is 513. The van der Waals surface area contributed by atoms with Crippen LogP contribution >= 0.6 is 11.6 Å². The van der Waals surface area contributed by atoms with Crippen LogP contribution < -0.4 is 10.5 Å². The molecule has 0 fully saturated rings. The van der Waals surface area contributed by atoms with Gasteiger partial charge in [0.25, 0.3) is 0 Å². The third-order valence-electron chi connectivity index (χ3n) is 2.61. The molecule has 0 aliphatic carbocycles. The maximum Gasteiger partial charge on any atom is 0.119 e. The van der Waals surface area contributed by atoms with Crippen LogP contribution in [-0.2, 0) is 0 Å². The third-order valence-corrected chi connectivity index (χ3v) is 2.84. The molecular formula is C15H16ClNO. The summed E-state index contributed by atoms with van der Waals surface area (Å²) < 4.78 is 5.63. The van der Waals surface area contributed by atoms with Gasteiger partial charge in [0.1, 0.15) is 5.75 Å². The van der Waals surface area contributed by atoms with Crippen LogP contribution in [0.25, 0.3) is 11.1 Å². The van der Waals surface area contributed by atoms with Crippen molar-refractivity contribution in [3.05, 3.63) is 53.6 Å². The second-order valence-corrected chi connectivity index (χ2v) is 4.47. The van der Waals surface area contributed by atoms with Gasteiger partial charge < -0.3 is 10.5 Å². The van der Waals surface area contributed by atoms with Crippen LogP contribution in [0.5, 0.6) is 5.75 Å². The summed E-state index contributed by atoms with van der Waals surface area (Å²) in [5.41, 5.74) is 7.62. The molecule has 94 valence electrons. The Morgan fingerprint density at radius 3 is 2.44 bits per heavy atom. The third kappa shape index (κ3) is 3.49. The average Bonchev–Trinajstić information content (AvgIpc) is 2.39. The van der Waals surface area contributed by atoms with Crippen molar-refractivity contribution in [2.75, 3.05) is 13.2 Å². The summed E-state index contributed by atoms with van der Waals surface area (Å²) in [6, 6.07) is 15.8. The Hall–Kier alpha value is -1.51. The lowest BCUT2D eigenvalue weighted by atomic mass is 10.1. The molecule has 0 bridgehead atoms.